The molecule has 2 aliphatic heterocycles. The largest absolute Gasteiger partial charge is 0.356 e. The summed E-state index contributed by atoms with van der Waals surface area (Å²) in [5, 5.41) is 7.73. The molecule has 108 valence electrons. The lowest BCUT2D eigenvalue weighted by Gasteiger charge is -2.34. The molecule has 0 radical (unpaired) electrons. The van der Waals surface area contributed by atoms with Gasteiger partial charge >= 0.3 is 0 Å². The summed E-state index contributed by atoms with van der Waals surface area (Å²) >= 11 is 0. The van der Waals surface area contributed by atoms with Crippen molar-refractivity contribution >= 4 is 22.4 Å². The highest BCUT2D eigenvalue weighted by Gasteiger charge is 2.31. The number of carbonyl (C=O) groups is 1. The highest BCUT2D eigenvalue weighted by molar-refractivity contribution is 5.96. The van der Waals surface area contributed by atoms with Crippen LogP contribution in [-0.2, 0) is 11.3 Å². The van der Waals surface area contributed by atoms with E-state index in [-0.39, 0.29) is 11.8 Å². The zero-order valence-electron chi connectivity index (χ0n) is 12.1. The number of nitrogens with zero attached hydrogens (tertiary/aromatic N) is 1. The quantitative estimate of drug-likeness (QED) is 0.881. The van der Waals surface area contributed by atoms with E-state index in [1.54, 1.807) is 0 Å². The molecule has 2 aliphatic rings. The number of hydrogen-bond donors (Lipinski definition) is 2. The molecule has 0 unspecified atom stereocenters. The van der Waals surface area contributed by atoms with Crippen molar-refractivity contribution in [2.45, 2.75) is 19.5 Å². The molecule has 0 saturated heterocycles. The van der Waals surface area contributed by atoms with Crippen LogP contribution in [-0.4, -0.2) is 29.6 Å². The van der Waals surface area contributed by atoms with E-state index in [1.807, 2.05) is 6.92 Å². The average molecular weight is 281 g/mol. The van der Waals surface area contributed by atoms with Crippen LogP contribution in [0, 0.1) is 5.92 Å². The minimum Gasteiger partial charge on any atom is -0.356 e. The number of amides is 1. The summed E-state index contributed by atoms with van der Waals surface area (Å²) < 4.78 is 2.31. The first-order valence-corrected chi connectivity index (χ1v) is 7.59. The van der Waals surface area contributed by atoms with Crippen LogP contribution in [0.2, 0.25) is 0 Å². The molecule has 1 aromatic heterocycles. The molecule has 0 spiro atoms. The first kappa shape index (κ1) is 12.7. The summed E-state index contributed by atoms with van der Waals surface area (Å²) in [5.41, 5.74) is 3.82. The van der Waals surface area contributed by atoms with Gasteiger partial charge in [0.25, 0.3) is 0 Å². The second-order valence-corrected chi connectivity index (χ2v) is 5.80. The average Bonchev–Trinajstić information content (AvgIpc) is 2.92. The van der Waals surface area contributed by atoms with Crippen LogP contribution in [0.25, 0.3) is 16.5 Å². The molecule has 1 amide bonds. The van der Waals surface area contributed by atoms with Crippen LogP contribution in [0.5, 0.6) is 0 Å². The van der Waals surface area contributed by atoms with E-state index in [0.29, 0.717) is 19.1 Å². The summed E-state index contributed by atoms with van der Waals surface area (Å²) in [5.74, 6) is 0.0389. The van der Waals surface area contributed by atoms with E-state index in [1.165, 1.54) is 22.0 Å². The minimum atomic E-state index is -0.0760. The molecular formula is C17H19N3O. The predicted molar refractivity (Wildman–Crippen MR) is 83.9 cm³/mol. The maximum Gasteiger partial charge on any atom is 0.228 e. The molecule has 4 nitrogen and oxygen atoms in total. The van der Waals surface area contributed by atoms with Crippen molar-refractivity contribution < 1.29 is 4.79 Å². The Morgan fingerprint density at radius 3 is 3.19 bits per heavy atom. The number of carbonyl (C=O) groups excluding carboxylic acids is 1. The van der Waals surface area contributed by atoms with Gasteiger partial charge in [0.2, 0.25) is 5.91 Å². The summed E-state index contributed by atoms with van der Waals surface area (Å²) in [6.07, 6.45) is 4.32. The van der Waals surface area contributed by atoms with E-state index >= 15 is 0 Å². The summed E-state index contributed by atoms with van der Waals surface area (Å²) in [7, 11) is 0. The van der Waals surface area contributed by atoms with Gasteiger partial charge in [-0.05, 0) is 18.6 Å². The van der Waals surface area contributed by atoms with Gasteiger partial charge in [0.1, 0.15) is 0 Å². The fraction of sp³-hybridized carbons (Fsp3) is 0.353. The van der Waals surface area contributed by atoms with E-state index in [0.717, 1.165) is 6.54 Å². The van der Waals surface area contributed by atoms with E-state index < -0.39 is 0 Å². The van der Waals surface area contributed by atoms with Gasteiger partial charge in [0.05, 0.1) is 17.5 Å². The lowest BCUT2D eigenvalue weighted by molar-refractivity contribution is -0.123. The molecule has 4 rings (SSSR count). The van der Waals surface area contributed by atoms with Crippen molar-refractivity contribution in [3.63, 3.8) is 0 Å². The van der Waals surface area contributed by atoms with Crippen molar-refractivity contribution in [3.8, 4) is 0 Å². The van der Waals surface area contributed by atoms with Gasteiger partial charge in [0, 0.05) is 36.8 Å². The normalized spacial score (nSPS) is 23.6. The van der Waals surface area contributed by atoms with Crippen LogP contribution in [0.3, 0.4) is 0 Å². The summed E-state index contributed by atoms with van der Waals surface area (Å²) in [4.78, 5) is 12.1. The molecule has 0 aliphatic carbocycles. The molecule has 2 aromatic rings. The predicted octanol–water partition coefficient (Wildman–Crippen LogP) is 1.76. The van der Waals surface area contributed by atoms with Crippen LogP contribution in [0.1, 0.15) is 12.5 Å². The van der Waals surface area contributed by atoms with Crippen molar-refractivity contribution in [3.05, 3.63) is 42.1 Å². The molecule has 4 heteroatoms. The summed E-state index contributed by atoms with van der Waals surface area (Å²) in [6.45, 7) is 4.29. The van der Waals surface area contributed by atoms with E-state index in [4.69, 9.17) is 0 Å². The molecule has 0 bridgehead atoms. The third-order valence-electron chi connectivity index (χ3n) is 4.51. The highest BCUT2D eigenvalue weighted by Crippen LogP contribution is 2.35. The highest BCUT2D eigenvalue weighted by atomic mass is 16.1. The third kappa shape index (κ3) is 1.90. The first-order valence-electron chi connectivity index (χ1n) is 7.59. The topological polar surface area (TPSA) is 46.1 Å². The Bertz CT molecular complexity index is 744. The van der Waals surface area contributed by atoms with E-state index in [2.05, 4.69) is 51.7 Å². The van der Waals surface area contributed by atoms with Crippen molar-refractivity contribution in [1.82, 2.24) is 15.2 Å². The second-order valence-electron chi connectivity index (χ2n) is 5.80. The Morgan fingerprint density at radius 1 is 1.43 bits per heavy atom. The standard InChI is InChI=1S/C17H19N3O/c1-2-18-17(21)12-8-14-13-5-3-4-11-6-7-20(16(11)13)10-15(14)19-9-12/h3-8,12,15,19H,2,9-10H2,1H3,(H,18,21)/t12-,15+/m0/s1. The number of para-hydroxylation sites is 1. The van der Waals surface area contributed by atoms with Crippen LogP contribution >= 0.6 is 0 Å². The molecule has 2 atom stereocenters. The van der Waals surface area contributed by atoms with Crippen molar-refractivity contribution in [2.75, 3.05) is 13.1 Å². The maximum absolute atomic E-state index is 12.1. The van der Waals surface area contributed by atoms with Gasteiger partial charge in [-0.3, -0.25) is 4.79 Å². The van der Waals surface area contributed by atoms with Crippen LogP contribution in [0.15, 0.2) is 36.5 Å². The van der Waals surface area contributed by atoms with E-state index in [9.17, 15) is 4.79 Å². The molecular weight excluding hydrogens is 262 g/mol. The molecule has 2 N–H and O–H groups in total. The van der Waals surface area contributed by atoms with Gasteiger partial charge in [0.15, 0.2) is 0 Å². The van der Waals surface area contributed by atoms with Gasteiger partial charge in [-0.2, -0.15) is 0 Å². The van der Waals surface area contributed by atoms with Gasteiger partial charge in [-0.15, -0.1) is 0 Å². The van der Waals surface area contributed by atoms with Crippen LogP contribution < -0.4 is 10.6 Å². The summed E-state index contributed by atoms with van der Waals surface area (Å²) in [6, 6.07) is 8.88. The number of nitrogens with one attached hydrogen (secondary N) is 2. The smallest absolute Gasteiger partial charge is 0.228 e. The fourth-order valence-electron chi connectivity index (χ4n) is 3.53. The molecule has 21 heavy (non-hydrogen) atoms. The van der Waals surface area contributed by atoms with Crippen molar-refractivity contribution in [1.29, 1.82) is 0 Å². The fourth-order valence-corrected chi connectivity index (χ4v) is 3.53. The Labute approximate surface area is 123 Å². The Balaban J connectivity index is 1.81. The van der Waals surface area contributed by atoms with Gasteiger partial charge in [-0.1, -0.05) is 24.3 Å². The van der Waals surface area contributed by atoms with Gasteiger partial charge < -0.3 is 15.2 Å². The first-order chi connectivity index (χ1) is 10.3. The third-order valence-corrected chi connectivity index (χ3v) is 4.51. The Kier molecular flexibility index (Phi) is 2.86. The lowest BCUT2D eigenvalue weighted by Crippen LogP contribution is -2.46. The lowest BCUT2D eigenvalue weighted by atomic mass is 9.87. The zero-order chi connectivity index (χ0) is 14.4. The van der Waals surface area contributed by atoms with Crippen molar-refractivity contribution in [2.24, 2.45) is 5.92 Å². The number of hydrogen-bond acceptors (Lipinski definition) is 2. The second kappa shape index (κ2) is 4.74. The monoisotopic (exact) mass is 281 g/mol. The SMILES string of the molecule is CCNC(=O)[C@H]1C=C2c3cccc4ccn(c34)C[C@H]2NC1. The number of rotatable bonds is 2. The zero-order valence-corrected chi connectivity index (χ0v) is 12.1. The molecule has 0 fully saturated rings. The van der Waals surface area contributed by atoms with Crippen LogP contribution in [0.4, 0.5) is 0 Å². The van der Waals surface area contributed by atoms with Gasteiger partial charge in [-0.25, -0.2) is 0 Å². The number of aromatic nitrogens is 1. The Morgan fingerprint density at radius 2 is 2.33 bits per heavy atom. The maximum atomic E-state index is 12.1. The number of benzene rings is 1. The molecule has 3 heterocycles. The number of fused-ring (bicyclic) bond motifs is 2. The molecule has 0 saturated carbocycles. The Hall–Kier alpha value is -2.07. The molecule has 1 aromatic carbocycles. The minimum absolute atomic E-state index is 0.0760.